The molecule has 0 unspecified atom stereocenters. The van der Waals surface area contributed by atoms with Crippen LogP contribution in [0.2, 0.25) is 0 Å². The number of carbonyl (C=O) groups is 2. The maximum Gasteiger partial charge on any atom is 0.309 e. The fraction of sp³-hybridized carbons (Fsp3) is 0.200. The maximum absolute atomic E-state index is 10.9. The lowest BCUT2D eigenvalue weighted by Crippen LogP contribution is -2.35. The van der Waals surface area contributed by atoms with Gasteiger partial charge in [-0.2, -0.15) is 0 Å². The first-order valence-electron chi connectivity index (χ1n) is 4.49. The highest BCUT2D eigenvalue weighted by molar-refractivity contribution is 6.34. The summed E-state index contributed by atoms with van der Waals surface area (Å²) in [7, 11) is 0. The first-order valence-corrected chi connectivity index (χ1v) is 4.49. The van der Waals surface area contributed by atoms with Crippen molar-refractivity contribution in [3.05, 3.63) is 35.4 Å². The molecule has 0 atom stereocenters. The Morgan fingerprint density at radius 3 is 2.53 bits per heavy atom. The van der Waals surface area contributed by atoms with Crippen LogP contribution in [-0.4, -0.2) is 11.8 Å². The van der Waals surface area contributed by atoms with Crippen LogP contribution in [0, 0.1) is 0 Å². The fourth-order valence-corrected chi connectivity index (χ4v) is 1.14. The zero-order chi connectivity index (χ0) is 11.3. The SMILES string of the molecule is NCc1cccc(CNC(=O)C(N)=O)c1. The third-order valence-corrected chi connectivity index (χ3v) is 1.90. The average Bonchev–Trinajstić information content (AvgIpc) is 2.26. The molecule has 0 bridgehead atoms. The molecule has 5 N–H and O–H groups in total. The highest BCUT2D eigenvalue weighted by Crippen LogP contribution is 2.03. The van der Waals surface area contributed by atoms with E-state index in [0.717, 1.165) is 11.1 Å². The van der Waals surface area contributed by atoms with Crippen molar-refractivity contribution >= 4 is 11.8 Å². The topological polar surface area (TPSA) is 98.2 Å². The molecular weight excluding hydrogens is 194 g/mol. The van der Waals surface area contributed by atoms with Crippen molar-refractivity contribution < 1.29 is 9.59 Å². The Morgan fingerprint density at radius 1 is 1.27 bits per heavy atom. The monoisotopic (exact) mass is 207 g/mol. The summed E-state index contributed by atoms with van der Waals surface area (Å²) in [5, 5.41) is 2.40. The van der Waals surface area contributed by atoms with E-state index < -0.39 is 11.8 Å². The molecule has 0 heterocycles. The molecule has 0 aliphatic carbocycles. The molecule has 15 heavy (non-hydrogen) atoms. The van der Waals surface area contributed by atoms with Gasteiger partial charge >= 0.3 is 11.8 Å². The zero-order valence-corrected chi connectivity index (χ0v) is 8.19. The van der Waals surface area contributed by atoms with Gasteiger partial charge in [0.15, 0.2) is 0 Å². The number of carbonyl (C=O) groups excluding carboxylic acids is 2. The van der Waals surface area contributed by atoms with Crippen LogP contribution in [-0.2, 0) is 22.7 Å². The quantitative estimate of drug-likeness (QED) is 0.568. The minimum absolute atomic E-state index is 0.273. The van der Waals surface area contributed by atoms with Gasteiger partial charge in [0, 0.05) is 13.1 Å². The van der Waals surface area contributed by atoms with Crippen molar-refractivity contribution in [2.75, 3.05) is 0 Å². The molecule has 0 aliphatic rings. The molecule has 0 spiro atoms. The number of hydrogen-bond donors (Lipinski definition) is 3. The highest BCUT2D eigenvalue weighted by Gasteiger charge is 2.06. The molecular formula is C10H13N3O2. The molecule has 0 saturated heterocycles. The normalized spacial score (nSPS) is 9.67. The van der Waals surface area contributed by atoms with Crippen molar-refractivity contribution in [2.24, 2.45) is 11.5 Å². The largest absolute Gasteiger partial charge is 0.361 e. The molecule has 1 aromatic carbocycles. The Hall–Kier alpha value is -1.88. The number of nitrogens with two attached hydrogens (primary N) is 2. The van der Waals surface area contributed by atoms with Gasteiger partial charge in [-0.1, -0.05) is 24.3 Å². The summed E-state index contributed by atoms with van der Waals surface area (Å²) in [5.74, 6) is -1.77. The number of rotatable bonds is 3. The van der Waals surface area contributed by atoms with Crippen LogP contribution in [0.3, 0.4) is 0 Å². The molecule has 5 nitrogen and oxygen atoms in total. The third-order valence-electron chi connectivity index (χ3n) is 1.90. The van der Waals surface area contributed by atoms with Gasteiger partial charge in [0.05, 0.1) is 0 Å². The van der Waals surface area contributed by atoms with E-state index in [2.05, 4.69) is 5.32 Å². The summed E-state index contributed by atoms with van der Waals surface area (Å²) >= 11 is 0. The number of nitrogens with one attached hydrogen (secondary N) is 1. The minimum Gasteiger partial charge on any atom is -0.361 e. The Bertz CT molecular complexity index is 377. The molecule has 1 rings (SSSR count). The number of amides is 2. The van der Waals surface area contributed by atoms with E-state index in [1.807, 2.05) is 24.3 Å². The van der Waals surface area contributed by atoms with Crippen LogP contribution in [0.25, 0.3) is 0 Å². The van der Waals surface area contributed by atoms with E-state index in [4.69, 9.17) is 11.5 Å². The van der Waals surface area contributed by atoms with Crippen LogP contribution >= 0.6 is 0 Å². The van der Waals surface area contributed by atoms with Crippen molar-refractivity contribution in [1.29, 1.82) is 0 Å². The summed E-state index contributed by atoms with van der Waals surface area (Å²) in [6, 6.07) is 7.43. The van der Waals surface area contributed by atoms with E-state index in [-0.39, 0.29) is 6.54 Å². The van der Waals surface area contributed by atoms with Gasteiger partial charge in [0.25, 0.3) is 0 Å². The van der Waals surface area contributed by atoms with Crippen molar-refractivity contribution in [2.45, 2.75) is 13.1 Å². The summed E-state index contributed by atoms with van der Waals surface area (Å²) in [6.45, 7) is 0.715. The Morgan fingerprint density at radius 2 is 1.93 bits per heavy atom. The summed E-state index contributed by atoms with van der Waals surface area (Å²) in [6.07, 6.45) is 0. The van der Waals surface area contributed by atoms with E-state index in [1.165, 1.54) is 0 Å². The smallest absolute Gasteiger partial charge is 0.309 e. The second-order valence-electron chi connectivity index (χ2n) is 3.07. The Kier molecular flexibility index (Phi) is 3.82. The standard InChI is InChI=1S/C10H13N3O2/c11-5-7-2-1-3-8(4-7)6-13-10(15)9(12)14/h1-4H,5-6,11H2,(H2,12,14)(H,13,15). The predicted octanol–water partition coefficient (Wildman–Crippen LogP) is -0.753. The first-order chi connectivity index (χ1) is 7.13. The highest BCUT2D eigenvalue weighted by atomic mass is 16.2. The number of benzene rings is 1. The Labute approximate surface area is 87.4 Å². The summed E-state index contributed by atoms with van der Waals surface area (Å²) in [5.41, 5.74) is 12.1. The van der Waals surface area contributed by atoms with Crippen LogP contribution in [0.1, 0.15) is 11.1 Å². The van der Waals surface area contributed by atoms with Gasteiger partial charge < -0.3 is 16.8 Å². The lowest BCUT2D eigenvalue weighted by atomic mass is 10.1. The summed E-state index contributed by atoms with van der Waals surface area (Å²) < 4.78 is 0. The lowest BCUT2D eigenvalue weighted by molar-refractivity contribution is -0.137. The van der Waals surface area contributed by atoms with E-state index in [0.29, 0.717) is 6.54 Å². The summed E-state index contributed by atoms with van der Waals surface area (Å²) in [4.78, 5) is 21.3. The molecule has 5 heteroatoms. The molecule has 0 saturated carbocycles. The van der Waals surface area contributed by atoms with Crippen LogP contribution in [0.4, 0.5) is 0 Å². The first kappa shape index (κ1) is 11.2. The maximum atomic E-state index is 10.9. The van der Waals surface area contributed by atoms with Crippen LogP contribution in [0.15, 0.2) is 24.3 Å². The molecule has 0 radical (unpaired) electrons. The lowest BCUT2D eigenvalue weighted by Gasteiger charge is -2.04. The van der Waals surface area contributed by atoms with Gasteiger partial charge in [0.1, 0.15) is 0 Å². The molecule has 2 amide bonds. The van der Waals surface area contributed by atoms with E-state index >= 15 is 0 Å². The second kappa shape index (κ2) is 5.11. The molecule has 80 valence electrons. The number of hydrogen-bond acceptors (Lipinski definition) is 3. The predicted molar refractivity (Wildman–Crippen MR) is 55.4 cm³/mol. The van der Waals surface area contributed by atoms with Gasteiger partial charge in [-0.3, -0.25) is 9.59 Å². The van der Waals surface area contributed by atoms with Gasteiger partial charge in [-0.05, 0) is 11.1 Å². The molecule has 0 fully saturated rings. The third kappa shape index (κ3) is 3.40. The second-order valence-corrected chi connectivity index (χ2v) is 3.07. The van der Waals surface area contributed by atoms with Gasteiger partial charge in [-0.25, -0.2) is 0 Å². The number of primary amides is 1. The van der Waals surface area contributed by atoms with E-state index in [9.17, 15) is 9.59 Å². The van der Waals surface area contributed by atoms with Gasteiger partial charge in [0.2, 0.25) is 0 Å². The zero-order valence-electron chi connectivity index (χ0n) is 8.19. The van der Waals surface area contributed by atoms with Crippen molar-refractivity contribution in [1.82, 2.24) is 5.32 Å². The van der Waals surface area contributed by atoms with Crippen LogP contribution < -0.4 is 16.8 Å². The van der Waals surface area contributed by atoms with Crippen molar-refractivity contribution in [3.63, 3.8) is 0 Å². The Balaban J connectivity index is 2.57. The van der Waals surface area contributed by atoms with Crippen molar-refractivity contribution in [3.8, 4) is 0 Å². The minimum atomic E-state index is -0.982. The van der Waals surface area contributed by atoms with Gasteiger partial charge in [-0.15, -0.1) is 0 Å². The molecule has 0 aliphatic heterocycles. The van der Waals surface area contributed by atoms with E-state index in [1.54, 1.807) is 0 Å². The molecule has 0 aromatic heterocycles. The fourth-order valence-electron chi connectivity index (χ4n) is 1.14. The molecule has 1 aromatic rings. The average molecular weight is 207 g/mol. The van der Waals surface area contributed by atoms with Crippen LogP contribution in [0.5, 0.6) is 0 Å².